The van der Waals surface area contributed by atoms with Crippen LogP contribution in [0, 0.1) is 17.3 Å². The molecule has 0 bridgehead atoms. The summed E-state index contributed by atoms with van der Waals surface area (Å²) in [6, 6.07) is 30.7. The molecule has 3 aromatic rings. The minimum atomic E-state index is -0.809. The van der Waals surface area contributed by atoms with Crippen molar-refractivity contribution < 1.29 is 9.59 Å². The Morgan fingerprint density at radius 3 is 1.50 bits per heavy atom. The van der Waals surface area contributed by atoms with E-state index in [2.05, 4.69) is 77.4 Å². The highest BCUT2D eigenvalue weighted by Gasteiger charge is 2.58. The van der Waals surface area contributed by atoms with E-state index in [1.54, 1.807) is 0 Å². The average Bonchev–Trinajstić information content (AvgIpc) is 3.86. The van der Waals surface area contributed by atoms with E-state index < -0.39 is 10.8 Å². The van der Waals surface area contributed by atoms with Gasteiger partial charge in [-0.3, -0.25) is 9.59 Å². The minimum Gasteiger partial charge on any atom is -0.369 e. The first-order valence-corrected chi connectivity index (χ1v) is 20.9. The van der Waals surface area contributed by atoms with Gasteiger partial charge in [0.15, 0.2) is 0 Å². The minimum absolute atomic E-state index is 0.157. The fraction of sp³-hybridized carbons (Fsp3) is 0.500. The van der Waals surface area contributed by atoms with Gasteiger partial charge in [0, 0.05) is 18.5 Å². The number of likely N-dealkylation sites (tertiary alicyclic amines) is 2. The number of hydrogen-bond donors (Lipinski definition) is 2. The molecular formula is C48H64N4O2. The third-order valence-corrected chi connectivity index (χ3v) is 13.3. The van der Waals surface area contributed by atoms with Crippen LogP contribution in [0.2, 0.25) is 0 Å². The van der Waals surface area contributed by atoms with Crippen molar-refractivity contribution in [2.45, 2.75) is 94.8 Å². The third-order valence-electron chi connectivity index (χ3n) is 13.3. The molecule has 6 heteroatoms. The van der Waals surface area contributed by atoms with Crippen LogP contribution < -0.4 is 11.5 Å². The zero-order valence-electron chi connectivity index (χ0n) is 32.7. The van der Waals surface area contributed by atoms with Gasteiger partial charge in [-0.15, -0.1) is 0 Å². The van der Waals surface area contributed by atoms with Gasteiger partial charge in [-0.1, -0.05) is 167 Å². The Kier molecular flexibility index (Phi) is 13.6. The van der Waals surface area contributed by atoms with E-state index in [1.807, 2.05) is 54.6 Å². The van der Waals surface area contributed by atoms with Crippen LogP contribution in [0.25, 0.3) is 0 Å². The number of nitrogens with zero attached hydrogens (tertiary/aromatic N) is 2. The van der Waals surface area contributed by atoms with Crippen molar-refractivity contribution in [3.8, 4) is 0 Å². The van der Waals surface area contributed by atoms with Crippen LogP contribution in [-0.4, -0.2) is 60.9 Å². The number of allylic oxidation sites excluding steroid dienone is 4. The molecule has 2 amide bonds. The number of rotatable bonds is 20. The number of primary amides is 2. The van der Waals surface area contributed by atoms with Gasteiger partial charge in [-0.05, 0) is 86.8 Å². The van der Waals surface area contributed by atoms with Gasteiger partial charge in [0.05, 0.1) is 5.41 Å². The van der Waals surface area contributed by atoms with Crippen molar-refractivity contribution in [3.63, 3.8) is 0 Å². The van der Waals surface area contributed by atoms with Gasteiger partial charge in [-0.2, -0.15) is 0 Å². The zero-order valence-corrected chi connectivity index (χ0v) is 32.7. The van der Waals surface area contributed by atoms with Crippen LogP contribution in [0.15, 0.2) is 115 Å². The van der Waals surface area contributed by atoms with E-state index >= 15 is 0 Å². The van der Waals surface area contributed by atoms with Crippen molar-refractivity contribution in [2.75, 3.05) is 39.3 Å². The number of amides is 2. The Morgan fingerprint density at radius 1 is 0.611 bits per heavy atom. The predicted molar refractivity (Wildman–Crippen MR) is 222 cm³/mol. The number of carbonyl (C=O) groups excluding carboxylic acids is 2. The van der Waals surface area contributed by atoms with E-state index in [0.717, 1.165) is 75.2 Å². The van der Waals surface area contributed by atoms with Crippen LogP contribution in [0.5, 0.6) is 0 Å². The second-order valence-electron chi connectivity index (χ2n) is 16.6. The molecule has 6 rings (SSSR count). The van der Waals surface area contributed by atoms with Crippen LogP contribution in [0.1, 0.15) is 101 Å². The molecule has 54 heavy (non-hydrogen) atoms. The maximum absolute atomic E-state index is 13.6. The topological polar surface area (TPSA) is 92.7 Å². The molecule has 0 aromatic heterocycles. The second kappa shape index (κ2) is 18.6. The molecule has 0 saturated carbocycles. The molecule has 4 unspecified atom stereocenters. The van der Waals surface area contributed by atoms with E-state index in [1.165, 1.54) is 57.8 Å². The van der Waals surface area contributed by atoms with Crippen LogP contribution in [-0.2, 0) is 20.4 Å². The quantitative estimate of drug-likeness (QED) is 0.114. The summed E-state index contributed by atoms with van der Waals surface area (Å²) in [6.07, 6.45) is 22.8. The second-order valence-corrected chi connectivity index (χ2v) is 16.6. The molecule has 6 nitrogen and oxygen atoms in total. The number of carbonyl (C=O) groups is 2. The molecule has 2 fully saturated rings. The molecule has 4 atom stereocenters. The standard InChI is InChI=1S/C48H64N4O2/c1-46(31-19-12-20-32-46)48(45(50)54,41-27-17-11-18-28-41)43-30-36-52(38-43)34-22-8-6-4-2-3-5-7-21-33-51-35-29-42(37-51)47(44(49)53,39-23-13-9-14-24-39)40-25-15-10-16-26-40/h9-20,23-28,31,42-43H,2-8,21-22,29-30,32-38H2,1H3,(H2,49,53)(H2,50,54). The van der Waals surface area contributed by atoms with Gasteiger partial charge < -0.3 is 21.3 Å². The highest BCUT2D eigenvalue weighted by atomic mass is 16.2. The fourth-order valence-corrected chi connectivity index (χ4v) is 10.6. The van der Waals surface area contributed by atoms with Gasteiger partial charge in [-0.25, -0.2) is 0 Å². The molecule has 3 aliphatic rings. The number of benzene rings is 3. The van der Waals surface area contributed by atoms with Crippen molar-refractivity contribution in [2.24, 2.45) is 28.7 Å². The Bertz CT molecular complexity index is 1650. The molecule has 2 aliphatic heterocycles. The molecule has 2 heterocycles. The molecular weight excluding hydrogens is 665 g/mol. The van der Waals surface area contributed by atoms with E-state index in [-0.39, 0.29) is 29.1 Å². The lowest BCUT2D eigenvalue weighted by Gasteiger charge is -2.49. The van der Waals surface area contributed by atoms with Crippen molar-refractivity contribution >= 4 is 11.8 Å². The highest BCUT2D eigenvalue weighted by molar-refractivity contribution is 5.91. The molecule has 0 radical (unpaired) electrons. The number of unbranched alkanes of at least 4 members (excludes halogenated alkanes) is 8. The molecule has 288 valence electrons. The maximum Gasteiger partial charge on any atom is 0.232 e. The lowest BCUT2D eigenvalue weighted by atomic mass is 9.52. The molecule has 4 N–H and O–H groups in total. The third kappa shape index (κ3) is 8.30. The molecule has 2 saturated heterocycles. The number of nitrogens with two attached hydrogens (primary N) is 2. The first kappa shape index (κ1) is 39.7. The summed E-state index contributed by atoms with van der Waals surface area (Å²) in [4.78, 5) is 32.1. The summed E-state index contributed by atoms with van der Waals surface area (Å²) in [5, 5.41) is 0. The summed E-state index contributed by atoms with van der Waals surface area (Å²) >= 11 is 0. The van der Waals surface area contributed by atoms with Gasteiger partial charge in [0.25, 0.3) is 0 Å². The Morgan fingerprint density at radius 2 is 1.06 bits per heavy atom. The lowest BCUT2D eigenvalue weighted by molar-refractivity contribution is -0.130. The van der Waals surface area contributed by atoms with E-state index in [0.29, 0.717) is 0 Å². The number of hydrogen-bond acceptors (Lipinski definition) is 4. The smallest absolute Gasteiger partial charge is 0.232 e. The Labute approximate surface area is 325 Å². The normalized spacial score (nSPS) is 23.1. The fourth-order valence-electron chi connectivity index (χ4n) is 10.6. The van der Waals surface area contributed by atoms with Crippen LogP contribution in [0.4, 0.5) is 0 Å². The summed E-state index contributed by atoms with van der Waals surface area (Å²) in [6.45, 7) is 8.29. The maximum atomic E-state index is 13.6. The lowest BCUT2D eigenvalue weighted by Crippen LogP contribution is -2.58. The Hall–Kier alpha value is -4.00. The largest absolute Gasteiger partial charge is 0.369 e. The predicted octanol–water partition coefficient (Wildman–Crippen LogP) is 8.56. The molecule has 1 aliphatic carbocycles. The van der Waals surface area contributed by atoms with Gasteiger partial charge >= 0.3 is 0 Å². The summed E-state index contributed by atoms with van der Waals surface area (Å²) in [5.41, 5.74) is 13.9. The van der Waals surface area contributed by atoms with Gasteiger partial charge in [0.1, 0.15) is 5.41 Å². The van der Waals surface area contributed by atoms with Crippen LogP contribution >= 0.6 is 0 Å². The van der Waals surface area contributed by atoms with E-state index in [4.69, 9.17) is 11.5 Å². The molecule has 3 aromatic carbocycles. The van der Waals surface area contributed by atoms with Crippen molar-refractivity contribution in [3.05, 3.63) is 132 Å². The zero-order chi connectivity index (χ0) is 37.9. The monoisotopic (exact) mass is 729 g/mol. The van der Waals surface area contributed by atoms with Crippen molar-refractivity contribution in [1.29, 1.82) is 0 Å². The van der Waals surface area contributed by atoms with Gasteiger partial charge in [0.2, 0.25) is 11.8 Å². The average molecular weight is 729 g/mol. The SMILES string of the molecule is CC1(C(C(N)=O)(c2ccccc2)C2CCN(CCCCCCCCCCCN3CCC(C(C(N)=O)(c4ccccc4)c4ccccc4)C3)C2)C=CC=CC1. The highest BCUT2D eigenvalue weighted by Crippen LogP contribution is 2.54. The first-order chi connectivity index (χ1) is 26.3. The van der Waals surface area contributed by atoms with E-state index in [9.17, 15) is 9.59 Å². The van der Waals surface area contributed by atoms with Crippen molar-refractivity contribution in [1.82, 2.24) is 9.80 Å². The van der Waals surface area contributed by atoms with Crippen LogP contribution in [0.3, 0.4) is 0 Å². The molecule has 0 spiro atoms. The summed E-state index contributed by atoms with van der Waals surface area (Å²) in [5.74, 6) is -0.0918. The Balaban J connectivity index is 0.880. The first-order valence-electron chi connectivity index (χ1n) is 20.9. The summed E-state index contributed by atoms with van der Waals surface area (Å²) < 4.78 is 0. The summed E-state index contributed by atoms with van der Waals surface area (Å²) in [7, 11) is 0.